The molecule has 1 aromatic heterocycles. The van der Waals surface area contributed by atoms with Crippen LogP contribution in [0.2, 0.25) is 0 Å². The lowest BCUT2D eigenvalue weighted by molar-refractivity contribution is 0.250. The fourth-order valence-corrected chi connectivity index (χ4v) is 4.09. The van der Waals surface area contributed by atoms with Crippen LogP contribution in [-0.2, 0) is 0 Å². The van der Waals surface area contributed by atoms with Crippen LogP contribution in [0, 0.1) is 11.8 Å². The van der Waals surface area contributed by atoms with Crippen LogP contribution in [-0.4, -0.2) is 6.04 Å². The van der Waals surface area contributed by atoms with Crippen molar-refractivity contribution in [1.82, 2.24) is 5.32 Å². The van der Waals surface area contributed by atoms with E-state index >= 15 is 0 Å². The lowest BCUT2D eigenvalue weighted by atomic mass is 9.82. The molecule has 0 bridgehead atoms. The number of nitrogens with one attached hydrogen (secondary N) is 1. The van der Waals surface area contributed by atoms with Crippen LogP contribution in [0.5, 0.6) is 0 Å². The highest BCUT2D eigenvalue weighted by Gasteiger charge is 2.34. The summed E-state index contributed by atoms with van der Waals surface area (Å²) in [6.07, 6.45) is 8.78. The predicted octanol–water partition coefficient (Wildman–Crippen LogP) is 4.37. The quantitative estimate of drug-likeness (QED) is 0.835. The molecule has 2 fully saturated rings. The molecule has 0 radical (unpaired) electrons. The van der Waals surface area contributed by atoms with Crippen molar-refractivity contribution in [1.29, 1.82) is 0 Å². The molecule has 3 rings (SSSR count). The molecule has 0 aliphatic heterocycles. The second-order valence-electron chi connectivity index (χ2n) is 5.86. The van der Waals surface area contributed by atoms with E-state index in [-0.39, 0.29) is 0 Å². The van der Waals surface area contributed by atoms with Gasteiger partial charge in [-0.15, -0.1) is 11.3 Å². The molecule has 2 aliphatic carbocycles. The largest absolute Gasteiger partial charge is 0.307 e. The van der Waals surface area contributed by atoms with Crippen LogP contribution in [0.3, 0.4) is 0 Å². The van der Waals surface area contributed by atoms with Gasteiger partial charge in [0.25, 0.3) is 0 Å². The average Bonchev–Trinajstić information content (AvgIpc) is 3.04. The molecule has 2 aliphatic rings. The van der Waals surface area contributed by atoms with Gasteiger partial charge >= 0.3 is 0 Å². The van der Waals surface area contributed by atoms with Gasteiger partial charge in [0, 0.05) is 17.0 Å². The van der Waals surface area contributed by atoms with Crippen LogP contribution in [0.15, 0.2) is 17.5 Å². The predicted molar refractivity (Wildman–Crippen MR) is 74.3 cm³/mol. The SMILES string of the molecule is CC(NC1CCCC(C2CC2)C1)c1cccs1. The van der Waals surface area contributed by atoms with Gasteiger partial charge in [0.15, 0.2) is 0 Å². The Morgan fingerprint density at radius 3 is 2.82 bits per heavy atom. The van der Waals surface area contributed by atoms with Crippen molar-refractivity contribution in [3.05, 3.63) is 22.4 Å². The fraction of sp³-hybridized carbons (Fsp3) is 0.733. The minimum atomic E-state index is 0.540. The van der Waals surface area contributed by atoms with Gasteiger partial charge in [-0.05, 0) is 55.9 Å². The highest BCUT2D eigenvalue weighted by Crippen LogP contribution is 2.44. The molecule has 1 aromatic rings. The molecule has 1 N–H and O–H groups in total. The third-order valence-corrected chi connectivity index (χ3v) is 5.51. The first-order chi connectivity index (χ1) is 8.33. The molecule has 3 unspecified atom stereocenters. The Kier molecular flexibility index (Phi) is 3.53. The smallest absolute Gasteiger partial charge is 0.0388 e. The first-order valence-corrected chi connectivity index (χ1v) is 8.00. The van der Waals surface area contributed by atoms with Gasteiger partial charge in [-0.25, -0.2) is 0 Å². The monoisotopic (exact) mass is 249 g/mol. The van der Waals surface area contributed by atoms with Crippen LogP contribution in [0.25, 0.3) is 0 Å². The molecule has 2 heteroatoms. The van der Waals surface area contributed by atoms with Gasteiger partial charge in [0.1, 0.15) is 0 Å². The lowest BCUT2D eigenvalue weighted by Crippen LogP contribution is -2.36. The zero-order valence-electron chi connectivity index (χ0n) is 10.7. The van der Waals surface area contributed by atoms with E-state index in [1.54, 1.807) is 0 Å². The molecule has 0 aromatic carbocycles. The normalized spacial score (nSPS) is 31.4. The lowest BCUT2D eigenvalue weighted by Gasteiger charge is -2.31. The molecule has 2 saturated carbocycles. The van der Waals surface area contributed by atoms with E-state index in [1.165, 1.54) is 43.4 Å². The zero-order chi connectivity index (χ0) is 11.7. The standard InChI is InChI=1S/C15H23NS/c1-11(15-6-3-9-17-15)16-14-5-2-4-13(10-14)12-7-8-12/h3,6,9,11-14,16H,2,4-5,7-8,10H2,1H3. The summed E-state index contributed by atoms with van der Waals surface area (Å²) in [6, 6.07) is 5.72. The highest BCUT2D eigenvalue weighted by atomic mass is 32.1. The van der Waals surface area contributed by atoms with E-state index in [1.807, 2.05) is 11.3 Å². The van der Waals surface area contributed by atoms with E-state index in [2.05, 4.69) is 29.8 Å². The summed E-state index contributed by atoms with van der Waals surface area (Å²) < 4.78 is 0. The van der Waals surface area contributed by atoms with Crippen LogP contribution >= 0.6 is 11.3 Å². The minimum absolute atomic E-state index is 0.540. The molecule has 94 valence electrons. The second kappa shape index (κ2) is 5.11. The zero-order valence-corrected chi connectivity index (χ0v) is 11.5. The summed E-state index contributed by atoms with van der Waals surface area (Å²) >= 11 is 1.88. The molecule has 1 heterocycles. The second-order valence-corrected chi connectivity index (χ2v) is 6.84. The van der Waals surface area contributed by atoms with E-state index in [0.717, 1.165) is 17.9 Å². The third kappa shape index (κ3) is 2.92. The molecule has 0 spiro atoms. The molecule has 0 saturated heterocycles. The number of rotatable bonds is 4. The number of thiophene rings is 1. The van der Waals surface area contributed by atoms with Crippen molar-refractivity contribution in [2.24, 2.45) is 11.8 Å². The van der Waals surface area contributed by atoms with E-state index in [9.17, 15) is 0 Å². The molecular formula is C15H23NS. The maximum Gasteiger partial charge on any atom is 0.0388 e. The number of hydrogen-bond acceptors (Lipinski definition) is 2. The van der Waals surface area contributed by atoms with Gasteiger partial charge in [0.2, 0.25) is 0 Å². The maximum atomic E-state index is 3.84. The highest BCUT2D eigenvalue weighted by molar-refractivity contribution is 7.10. The van der Waals surface area contributed by atoms with Crippen molar-refractivity contribution >= 4 is 11.3 Å². The van der Waals surface area contributed by atoms with E-state index in [4.69, 9.17) is 0 Å². The number of hydrogen-bond donors (Lipinski definition) is 1. The van der Waals surface area contributed by atoms with Gasteiger partial charge < -0.3 is 5.32 Å². The Morgan fingerprint density at radius 1 is 1.24 bits per heavy atom. The van der Waals surface area contributed by atoms with Crippen molar-refractivity contribution < 1.29 is 0 Å². The van der Waals surface area contributed by atoms with E-state index < -0.39 is 0 Å². The Balaban J connectivity index is 1.53. The molecule has 3 atom stereocenters. The maximum absolute atomic E-state index is 3.84. The Labute approximate surface area is 109 Å². The molecule has 0 amide bonds. The van der Waals surface area contributed by atoms with Crippen molar-refractivity contribution in [3.8, 4) is 0 Å². The van der Waals surface area contributed by atoms with Crippen molar-refractivity contribution in [3.63, 3.8) is 0 Å². The van der Waals surface area contributed by atoms with E-state index in [0.29, 0.717) is 6.04 Å². The van der Waals surface area contributed by atoms with Gasteiger partial charge in [-0.2, -0.15) is 0 Å². The topological polar surface area (TPSA) is 12.0 Å². The van der Waals surface area contributed by atoms with Crippen LogP contribution < -0.4 is 5.32 Å². The fourth-order valence-electron chi connectivity index (χ4n) is 3.35. The van der Waals surface area contributed by atoms with Crippen molar-refractivity contribution in [2.75, 3.05) is 0 Å². The molecule has 1 nitrogen and oxygen atoms in total. The van der Waals surface area contributed by atoms with Gasteiger partial charge in [-0.3, -0.25) is 0 Å². The summed E-state index contributed by atoms with van der Waals surface area (Å²) in [4.78, 5) is 1.48. The summed E-state index contributed by atoms with van der Waals surface area (Å²) in [6.45, 7) is 2.31. The summed E-state index contributed by atoms with van der Waals surface area (Å²) in [5.74, 6) is 2.13. The first kappa shape index (κ1) is 11.7. The van der Waals surface area contributed by atoms with Gasteiger partial charge in [0.05, 0.1) is 0 Å². The third-order valence-electron chi connectivity index (χ3n) is 4.46. The van der Waals surface area contributed by atoms with Crippen LogP contribution in [0.4, 0.5) is 0 Å². The molecular weight excluding hydrogens is 226 g/mol. The Bertz CT molecular complexity index is 342. The minimum Gasteiger partial charge on any atom is -0.307 e. The van der Waals surface area contributed by atoms with Crippen molar-refractivity contribution in [2.45, 2.75) is 57.5 Å². The summed E-state index contributed by atoms with van der Waals surface area (Å²) in [5, 5.41) is 6.03. The summed E-state index contributed by atoms with van der Waals surface area (Å²) in [7, 11) is 0. The van der Waals surface area contributed by atoms with Crippen LogP contribution in [0.1, 0.15) is 56.4 Å². The van der Waals surface area contributed by atoms with Gasteiger partial charge in [-0.1, -0.05) is 18.9 Å². The average molecular weight is 249 g/mol. The Morgan fingerprint density at radius 2 is 2.12 bits per heavy atom. The summed E-state index contributed by atoms with van der Waals surface area (Å²) in [5.41, 5.74) is 0. The Hall–Kier alpha value is -0.340. The first-order valence-electron chi connectivity index (χ1n) is 7.12. The molecule has 17 heavy (non-hydrogen) atoms.